The van der Waals surface area contributed by atoms with Crippen molar-refractivity contribution in [1.82, 2.24) is 0 Å². The van der Waals surface area contributed by atoms with Gasteiger partial charge in [0.25, 0.3) is 0 Å². The highest BCUT2D eigenvalue weighted by molar-refractivity contribution is 7.80. The molecule has 0 aliphatic rings. The van der Waals surface area contributed by atoms with Crippen molar-refractivity contribution in [3.63, 3.8) is 0 Å². The minimum absolute atomic E-state index is 0.374. The van der Waals surface area contributed by atoms with E-state index in [1.54, 1.807) is 11.3 Å². The summed E-state index contributed by atoms with van der Waals surface area (Å²) in [6.07, 6.45) is 0. The molecule has 0 saturated heterocycles. The Hall–Kier alpha value is -1.43. The summed E-state index contributed by atoms with van der Waals surface area (Å²) in [6.45, 7) is 1.69. The van der Waals surface area contributed by atoms with Gasteiger partial charge >= 0.3 is 0 Å². The highest BCUT2D eigenvalue weighted by Crippen LogP contribution is 2.13. The monoisotopic (exact) mass is 293 g/mol. The first-order valence-corrected chi connectivity index (χ1v) is 7.17. The predicted molar refractivity (Wildman–Crippen MR) is 81.8 cm³/mol. The van der Waals surface area contributed by atoms with Crippen LogP contribution < -0.4 is 10.5 Å². The second kappa shape index (κ2) is 7.23. The molecule has 2 rings (SSSR count). The Labute approximate surface area is 122 Å². The van der Waals surface area contributed by atoms with E-state index in [9.17, 15) is 0 Å². The lowest BCUT2D eigenvalue weighted by atomic mass is 10.2. The van der Waals surface area contributed by atoms with Crippen molar-refractivity contribution < 1.29 is 9.47 Å². The molecule has 2 aromatic rings. The molecule has 1 aromatic carbocycles. The fourth-order valence-electron chi connectivity index (χ4n) is 1.53. The van der Waals surface area contributed by atoms with Crippen molar-refractivity contribution in [3.8, 4) is 5.75 Å². The minimum atomic E-state index is 0.374. The van der Waals surface area contributed by atoms with Crippen molar-refractivity contribution >= 4 is 28.5 Å². The van der Waals surface area contributed by atoms with Gasteiger partial charge in [0, 0.05) is 10.4 Å². The third kappa shape index (κ3) is 4.63. The van der Waals surface area contributed by atoms with Crippen LogP contribution in [0.25, 0.3) is 0 Å². The van der Waals surface area contributed by atoms with Crippen LogP contribution in [0.3, 0.4) is 0 Å². The second-order valence-electron chi connectivity index (χ2n) is 3.87. The maximum Gasteiger partial charge on any atom is 0.120 e. The number of rotatable bonds is 7. The lowest BCUT2D eigenvalue weighted by Crippen LogP contribution is -2.10. The minimum Gasteiger partial charge on any atom is -0.491 e. The van der Waals surface area contributed by atoms with Gasteiger partial charge in [-0.2, -0.15) is 0 Å². The SMILES string of the molecule is NC(=S)c1cccc(OCCOCc2cccs2)c1. The molecular formula is C14H15NO2S2. The number of hydrogen-bond acceptors (Lipinski definition) is 4. The van der Waals surface area contributed by atoms with Gasteiger partial charge in [-0.05, 0) is 23.6 Å². The number of nitrogens with two attached hydrogens (primary N) is 1. The molecule has 1 heterocycles. The third-order valence-electron chi connectivity index (χ3n) is 2.44. The van der Waals surface area contributed by atoms with E-state index in [2.05, 4.69) is 6.07 Å². The molecule has 0 atom stereocenters. The first-order valence-electron chi connectivity index (χ1n) is 5.88. The summed E-state index contributed by atoms with van der Waals surface area (Å²) in [4.78, 5) is 1.59. The van der Waals surface area contributed by atoms with Gasteiger partial charge in [-0.3, -0.25) is 0 Å². The van der Waals surface area contributed by atoms with E-state index in [1.807, 2.05) is 35.7 Å². The van der Waals surface area contributed by atoms with Gasteiger partial charge in [-0.25, -0.2) is 0 Å². The average molecular weight is 293 g/mol. The Morgan fingerprint density at radius 2 is 2.11 bits per heavy atom. The molecule has 0 amide bonds. The van der Waals surface area contributed by atoms with E-state index >= 15 is 0 Å². The van der Waals surface area contributed by atoms with Crippen LogP contribution in [0.1, 0.15) is 10.4 Å². The van der Waals surface area contributed by atoms with Crippen molar-refractivity contribution in [1.29, 1.82) is 0 Å². The van der Waals surface area contributed by atoms with E-state index in [4.69, 9.17) is 27.4 Å². The molecule has 0 unspecified atom stereocenters. The van der Waals surface area contributed by atoms with Gasteiger partial charge in [-0.15, -0.1) is 11.3 Å². The van der Waals surface area contributed by atoms with Crippen LogP contribution in [-0.2, 0) is 11.3 Å². The second-order valence-corrected chi connectivity index (χ2v) is 5.34. The number of thiophene rings is 1. The van der Waals surface area contributed by atoms with E-state index < -0.39 is 0 Å². The number of hydrogen-bond donors (Lipinski definition) is 1. The molecule has 0 aliphatic heterocycles. The Balaban J connectivity index is 1.70. The molecular weight excluding hydrogens is 278 g/mol. The fraction of sp³-hybridized carbons (Fsp3) is 0.214. The Morgan fingerprint density at radius 1 is 1.21 bits per heavy atom. The lowest BCUT2D eigenvalue weighted by molar-refractivity contribution is 0.0905. The van der Waals surface area contributed by atoms with Crippen LogP contribution in [0.5, 0.6) is 5.75 Å². The van der Waals surface area contributed by atoms with Crippen molar-refractivity contribution in [2.45, 2.75) is 6.61 Å². The highest BCUT2D eigenvalue weighted by Gasteiger charge is 1.99. The smallest absolute Gasteiger partial charge is 0.120 e. The number of ether oxygens (including phenoxy) is 2. The summed E-state index contributed by atoms with van der Waals surface area (Å²) in [6, 6.07) is 11.5. The summed E-state index contributed by atoms with van der Waals surface area (Å²) < 4.78 is 11.1. The van der Waals surface area contributed by atoms with Crippen LogP contribution in [0, 0.1) is 0 Å². The van der Waals surface area contributed by atoms with E-state index in [1.165, 1.54) is 4.88 Å². The molecule has 100 valence electrons. The molecule has 0 spiro atoms. The third-order valence-corrected chi connectivity index (χ3v) is 3.52. The van der Waals surface area contributed by atoms with Crippen molar-refractivity contribution in [3.05, 3.63) is 52.2 Å². The molecule has 0 aliphatic carbocycles. The zero-order valence-electron chi connectivity index (χ0n) is 10.4. The first kappa shape index (κ1) is 14.0. The zero-order valence-corrected chi connectivity index (χ0v) is 12.0. The molecule has 0 saturated carbocycles. The maximum atomic E-state index is 5.58. The Bertz CT molecular complexity index is 526. The Kier molecular flexibility index (Phi) is 5.32. The van der Waals surface area contributed by atoms with Crippen LogP contribution in [0.15, 0.2) is 41.8 Å². The van der Waals surface area contributed by atoms with Crippen LogP contribution in [-0.4, -0.2) is 18.2 Å². The van der Waals surface area contributed by atoms with E-state index in [-0.39, 0.29) is 0 Å². The van der Waals surface area contributed by atoms with Gasteiger partial charge in [-0.1, -0.05) is 30.4 Å². The predicted octanol–water partition coefficient (Wildman–Crippen LogP) is 2.98. The van der Waals surface area contributed by atoms with Gasteiger partial charge in [0.1, 0.15) is 17.3 Å². The molecule has 19 heavy (non-hydrogen) atoms. The summed E-state index contributed by atoms with van der Waals surface area (Å²) >= 11 is 6.61. The molecule has 2 N–H and O–H groups in total. The van der Waals surface area contributed by atoms with Gasteiger partial charge in [0.2, 0.25) is 0 Å². The molecule has 3 nitrogen and oxygen atoms in total. The summed E-state index contributed by atoms with van der Waals surface area (Å²) in [7, 11) is 0. The Morgan fingerprint density at radius 3 is 2.84 bits per heavy atom. The average Bonchev–Trinajstić information content (AvgIpc) is 2.92. The number of thiocarbonyl (C=S) groups is 1. The normalized spacial score (nSPS) is 10.3. The van der Waals surface area contributed by atoms with Crippen LogP contribution in [0.2, 0.25) is 0 Å². The molecule has 0 bridgehead atoms. The zero-order chi connectivity index (χ0) is 13.5. The van der Waals surface area contributed by atoms with E-state index in [0.717, 1.165) is 11.3 Å². The van der Waals surface area contributed by atoms with Gasteiger partial charge in [0.15, 0.2) is 0 Å². The highest BCUT2D eigenvalue weighted by atomic mass is 32.1. The lowest BCUT2D eigenvalue weighted by Gasteiger charge is -2.07. The number of benzene rings is 1. The van der Waals surface area contributed by atoms with Crippen molar-refractivity contribution in [2.24, 2.45) is 5.73 Å². The summed E-state index contributed by atoms with van der Waals surface area (Å²) in [5.74, 6) is 0.755. The maximum absolute atomic E-state index is 5.58. The standard InChI is InChI=1S/C14H15NO2S2/c15-14(18)11-3-1-4-12(9-11)17-7-6-16-10-13-5-2-8-19-13/h1-5,8-9H,6-7,10H2,(H2,15,18). The van der Waals surface area contributed by atoms with Crippen LogP contribution >= 0.6 is 23.6 Å². The topological polar surface area (TPSA) is 44.5 Å². The molecule has 1 aromatic heterocycles. The van der Waals surface area contributed by atoms with Gasteiger partial charge in [0.05, 0.1) is 13.2 Å². The largest absolute Gasteiger partial charge is 0.491 e. The summed E-state index contributed by atoms with van der Waals surface area (Å²) in [5, 5.41) is 2.04. The van der Waals surface area contributed by atoms with Crippen LogP contribution in [0.4, 0.5) is 0 Å². The first-order chi connectivity index (χ1) is 9.25. The fourth-order valence-corrected chi connectivity index (χ4v) is 2.29. The summed E-state index contributed by atoms with van der Waals surface area (Å²) in [5.41, 5.74) is 6.38. The molecule has 0 fully saturated rings. The quantitative estimate of drug-likeness (QED) is 0.629. The van der Waals surface area contributed by atoms with Gasteiger partial charge < -0.3 is 15.2 Å². The van der Waals surface area contributed by atoms with E-state index in [0.29, 0.717) is 24.8 Å². The molecule has 0 radical (unpaired) electrons. The molecule has 5 heteroatoms. The van der Waals surface area contributed by atoms with Crippen molar-refractivity contribution in [2.75, 3.05) is 13.2 Å².